The van der Waals surface area contributed by atoms with E-state index in [4.69, 9.17) is 11.6 Å². The number of benzene rings is 1. The van der Waals surface area contributed by atoms with E-state index >= 15 is 0 Å². The number of fused-ring (bicyclic) bond motifs is 1. The first-order valence-corrected chi connectivity index (χ1v) is 6.60. The summed E-state index contributed by atoms with van der Waals surface area (Å²) < 4.78 is 3.19. The maximum atomic E-state index is 5.89. The lowest BCUT2D eigenvalue weighted by Crippen LogP contribution is -1.85. The van der Waals surface area contributed by atoms with E-state index in [2.05, 4.69) is 32.0 Å². The zero-order valence-electron chi connectivity index (χ0n) is 8.77. The average molecular weight is 355 g/mol. The van der Waals surface area contributed by atoms with Crippen LogP contribution in [0.2, 0.25) is 5.02 Å². The highest BCUT2D eigenvalue weighted by Gasteiger charge is 2.10. The Kier molecular flexibility index (Phi) is 2.80. The molecule has 0 bridgehead atoms. The molecule has 2 heterocycles. The van der Waals surface area contributed by atoms with E-state index in [1.807, 2.05) is 48.7 Å². The van der Waals surface area contributed by atoms with Crippen LogP contribution in [-0.2, 0) is 0 Å². The molecule has 0 aliphatic carbocycles. The fraction of sp³-hybridized carbons (Fsp3) is 0. The first kappa shape index (κ1) is 11.0. The molecule has 0 radical (unpaired) electrons. The lowest BCUT2D eigenvalue weighted by Gasteiger charge is -1.98. The van der Waals surface area contributed by atoms with Gasteiger partial charge in [0, 0.05) is 16.8 Å². The maximum absolute atomic E-state index is 5.89. The largest absolute Gasteiger partial charge is 0.294 e. The average Bonchev–Trinajstić information content (AvgIpc) is 2.69. The summed E-state index contributed by atoms with van der Waals surface area (Å²) in [6, 6.07) is 13.8. The second-order valence-corrected chi connectivity index (χ2v) is 5.15. The van der Waals surface area contributed by atoms with Crippen LogP contribution in [-0.4, -0.2) is 9.38 Å². The highest BCUT2D eigenvalue weighted by Crippen LogP contribution is 2.26. The predicted octanol–water partition coefficient (Wildman–Crippen LogP) is 4.26. The zero-order chi connectivity index (χ0) is 11.8. The van der Waals surface area contributed by atoms with Crippen LogP contribution in [0, 0.1) is 3.70 Å². The van der Waals surface area contributed by atoms with Crippen LogP contribution in [0.1, 0.15) is 0 Å². The Morgan fingerprint density at radius 1 is 1.06 bits per heavy atom. The molecular formula is C13H8ClIN2. The Bertz CT molecular complexity index is 673. The minimum Gasteiger partial charge on any atom is -0.294 e. The van der Waals surface area contributed by atoms with Crippen molar-refractivity contribution in [1.82, 2.24) is 9.38 Å². The van der Waals surface area contributed by atoms with Gasteiger partial charge in [0.2, 0.25) is 0 Å². The van der Waals surface area contributed by atoms with Crippen LogP contribution >= 0.6 is 34.2 Å². The first-order chi connectivity index (χ1) is 8.25. The molecule has 0 saturated carbocycles. The summed E-state index contributed by atoms with van der Waals surface area (Å²) in [6.07, 6.45) is 2.02. The molecule has 0 N–H and O–H groups in total. The van der Waals surface area contributed by atoms with Gasteiger partial charge >= 0.3 is 0 Å². The number of hydrogen-bond acceptors (Lipinski definition) is 1. The first-order valence-electron chi connectivity index (χ1n) is 5.14. The summed E-state index contributed by atoms with van der Waals surface area (Å²) >= 11 is 8.20. The molecule has 2 aromatic heterocycles. The van der Waals surface area contributed by atoms with E-state index in [0.29, 0.717) is 0 Å². The molecule has 0 atom stereocenters. The topological polar surface area (TPSA) is 17.3 Å². The van der Waals surface area contributed by atoms with Gasteiger partial charge in [-0.1, -0.05) is 29.8 Å². The number of halogens is 2. The third kappa shape index (κ3) is 1.93. The van der Waals surface area contributed by atoms with Gasteiger partial charge in [-0.3, -0.25) is 4.40 Å². The Labute approximate surface area is 117 Å². The van der Waals surface area contributed by atoms with Crippen LogP contribution < -0.4 is 0 Å². The van der Waals surface area contributed by atoms with Crippen molar-refractivity contribution >= 4 is 39.8 Å². The van der Waals surface area contributed by atoms with Crippen LogP contribution in [0.25, 0.3) is 16.9 Å². The SMILES string of the molecule is Clc1ccc(-c2nc3ccccn3c2I)cc1. The molecule has 4 heteroatoms. The lowest BCUT2D eigenvalue weighted by molar-refractivity contribution is 1.15. The van der Waals surface area contributed by atoms with Gasteiger partial charge in [0.15, 0.2) is 0 Å². The van der Waals surface area contributed by atoms with Crippen molar-refractivity contribution in [3.05, 3.63) is 57.4 Å². The second kappa shape index (κ2) is 4.31. The zero-order valence-corrected chi connectivity index (χ0v) is 11.7. The molecule has 3 aromatic rings. The quantitative estimate of drug-likeness (QED) is 0.597. The summed E-state index contributed by atoms with van der Waals surface area (Å²) in [5.41, 5.74) is 3.04. The summed E-state index contributed by atoms with van der Waals surface area (Å²) in [4.78, 5) is 4.62. The van der Waals surface area contributed by atoms with Gasteiger partial charge in [-0.15, -0.1) is 0 Å². The molecule has 0 aliphatic rings. The standard InChI is InChI=1S/C13H8ClIN2/c14-10-6-4-9(5-7-10)12-13(15)17-8-2-1-3-11(17)16-12/h1-8H. The number of pyridine rings is 1. The Morgan fingerprint density at radius 2 is 1.82 bits per heavy atom. The smallest absolute Gasteiger partial charge is 0.138 e. The van der Waals surface area contributed by atoms with Gasteiger partial charge in [0.05, 0.1) is 0 Å². The summed E-state index contributed by atoms with van der Waals surface area (Å²) in [5, 5.41) is 0.743. The molecule has 0 unspecified atom stereocenters. The van der Waals surface area contributed by atoms with E-state index in [1.165, 1.54) is 0 Å². The van der Waals surface area contributed by atoms with Gasteiger partial charge in [-0.05, 0) is 46.9 Å². The minimum atomic E-state index is 0.743. The number of nitrogens with zero attached hydrogens (tertiary/aromatic N) is 2. The molecule has 0 spiro atoms. The molecule has 17 heavy (non-hydrogen) atoms. The Balaban J connectivity index is 2.24. The fourth-order valence-electron chi connectivity index (χ4n) is 1.76. The van der Waals surface area contributed by atoms with E-state index in [0.717, 1.165) is 25.6 Å². The molecule has 0 aliphatic heterocycles. The normalized spacial score (nSPS) is 10.9. The summed E-state index contributed by atoms with van der Waals surface area (Å²) in [5.74, 6) is 0. The molecule has 84 valence electrons. The molecule has 0 fully saturated rings. The van der Waals surface area contributed by atoms with E-state index in [9.17, 15) is 0 Å². The second-order valence-electron chi connectivity index (χ2n) is 3.69. The summed E-state index contributed by atoms with van der Waals surface area (Å²) in [6.45, 7) is 0. The van der Waals surface area contributed by atoms with Gasteiger partial charge in [0.1, 0.15) is 15.0 Å². The maximum Gasteiger partial charge on any atom is 0.138 e. The third-order valence-electron chi connectivity index (χ3n) is 2.59. The van der Waals surface area contributed by atoms with Crippen molar-refractivity contribution in [1.29, 1.82) is 0 Å². The highest BCUT2D eigenvalue weighted by atomic mass is 127. The lowest BCUT2D eigenvalue weighted by atomic mass is 10.2. The Hall–Kier alpha value is -1.07. The Morgan fingerprint density at radius 3 is 2.53 bits per heavy atom. The minimum absolute atomic E-state index is 0.743. The number of rotatable bonds is 1. The van der Waals surface area contributed by atoms with Crippen LogP contribution in [0.5, 0.6) is 0 Å². The van der Waals surface area contributed by atoms with Gasteiger partial charge in [-0.2, -0.15) is 0 Å². The van der Waals surface area contributed by atoms with E-state index in [1.54, 1.807) is 0 Å². The predicted molar refractivity (Wildman–Crippen MR) is 78.4 cm³/mol. The van der Waals surface area contributed by atoms with Crippen LogP contribution in [0.3, 0.4) is 0 Å². The fourth-order valence-corrected chi connectivity index (χ4v) is 2.72. The summed E-state index contributed by atoms with van der Waals surface area (Å²) in [7, 11) is 0. The molecule has 1 aromatic carbocycles. The molecule has 0 saturated heterocycles. The van der Waals surface area contributed by atoms with Crippen molar-refractivity contribution in [2.75, 3.05) is 0 Å². The molecular weight excluding hydrogens is 347 g/mol. The van der Waals surface area contributed by atoms with E-state index in [-0.39, 0.29) is 0 Å². The van der Waals surface area contributed by atoms with Crippen LogP contribution in [0.4, 0.5) is 0 Å². The van der Waals surface area contributed by atoms with Crippen molar-refractivity contribution in [2.24, 2.45) is 0 Å². The molecule has 0 amide bonds. The van der Waals surface area contributed by atoms with Crippen molar-refractivity contribution in [3.8, 4) is 11.3 Å². The third-order valence-corrected chi connectivity index (χ3v) is 3.87. The number of hydrogen-bond donors (Lipinski definition) is 0. The van der Waals surface area contributed by atoms with Gasteiger partial charge in [-0.25, -0.2) is 4.98 Å². The van der Waals surface area contributed by atoms with Gasteiger partial charge < -0.3 is 0 Å². The molecule has 2 nitrogen and oxygen atoms in total. The highest BCUT2D eigenvalue weighted by molar-refractivity contribution is 14.1. The molecule has 3 rings (SSSR count). The monoisotopic (exact) mass is 354 g/mol. The number of imidazole rings is 1. The number of aromatic nitrogens is 2. The van der Waals surface area contributed by atoms with Crippen molar-refractivity contribution in [3.63, 3.8) is 0 Å². The van der Waals surface area contributed by atoms with Gasteiger partial charge in [0.25, 0.3) is 0 Å². The van der Waals surface area contributed by atoms with E-state index < -0.39 is 0 Å². The van der Waals surface area contributed by atoms with Crippen molar-refractivity contribution in [2.45, 2.75) is 0 Å². The van der Waals surface area contributed by atoms with Crippen LogP contribution in [0.15, 0.2) is 48.7 Å². The van der Waals surface area contributed by atoms with Crippen molar-refractivity contribution < 1.29 is 0 Å².